The molecule has 0 saturated heterocycles. The molecule has 0 saturated carbocycles. The average molecular weight is 321 g/mol. The van der Waals surface area contributed by atoms with Gasteiger partial charge < -0.3 is 5.73 Å². The largest absolute Gasteiger partial charge is 0.399 e. The van der Waals surface area contributed by atoms with Crippen LogP contribution in [0.4, 0.5) is 20.3 Å². The second-order valence-electron chi connectivity index (χ2n) is 3.65. The number of nitrogen functional groups attached to an aromatic ring is 1. The molecule has 0 fully saturated rings. The molecule has 20 heavy (non-hydrogen) atoms. The zero-order valence-electron chi connectivity index (χ0n) is 9.64. The van der Waals surface area contributed by atoms with Crippen molar-refractivity contribution in [2.24, 2.45) is 0 Å². The van der Waals surface area contributed by atoms with Crippen molar-refractivity contribution in [3.8, 4) is 0 Å². The minimum Gasteiger partial charge on any atom is -0.399 e. The number of nitrogens with zero attached hydrogens (tertiary/aromatic N) is 2. The summed E-state index contributed by atoms with van der Waals surface area (Å²) >= 11 is 5.55. The van der Waals surface area contributed by atoms with Gasteiger partial charge in [-0.1, -0.05) is 11.6 Å². The fourth-order valence-corrected chi connectivity index (χ4v) is 2.68. The van der Waals surface area contributed by atoms with Crippen LogP contribution >= 0.6 is 11.6 Å². The van der Waals surface area contributed by atoms with Crippen LogP contribution in [-0.4, -0.2) is 18.4 Å². The van der Waals surface area contributed by atoms with E-state index in [1.165, 1.54) is 0 Å². The summed E-state index contributed by atoms with van der Waals surface area (Å²) in [5, 5.41) is -0.0315. The van der Waals surface area contributed by atoms with E-state index in [1.54, 1.807) is 0 Å². The third kappa shape index (κ3) is 2.94. The molecule has 0 aliphatic heterocycles. The zero-order chi connectivity index (χ0) is 14.9. The molecule has 6 nitrogen and oxygen atoms in total. The molecule has 0 amide bonds. The summed E-state index contributed by atoms with van der Waals surface area (Å²) in [6.07, 6.45) is 0.996. The monoisotopic (exact) mass is 320 g/mol. The third-order valence-electron chi connectivity index (χ3n) is 2.16. The topological polar surface area (TPSA) is 98.0 Å². The standard InChI is InChI=1S/C10H7ClF2N4O2S/c11-8-3-9(16-4-15-8)17-20(18,19)10-6(12)1-5(14)2-7(10)13/h1-4H,14H2,(H,15,16,17). The highest BCUT2D eigenvalue weighted by atomic mass is 35.5. The van der Waals surface area contributed by atoms with Crippen molar-refractivity contribution in [3.05, 3.63) is 41.3 Å². The van der Waals surface area contributed by atoms with E-state index in [1.807, 2.05) is 4.72 Å². The third-order valence-corrected chi connectivity index (χ3v) is 3.77. The second-order valence-corrected chi connectivity index (χ2v) is 5.65. The SMILES string of the molecule is Nc1cc(F)c(S(=O)(=O)Nc2cc(Cl)ncn2)c(F)c1. The molecule has 2 rings (SSSR count). The Morgan fingerprint density at radius 3 is 2.30 bits per heavy atom. The first-order valence-electron chi connectivity index (χ1n) is 5.04. The number of hydrogen-bond acceptors (Lipinski definition) is 5. The summed E-state index contributed by atoms with van der Waals surface area (Å²) in [7, 11) is -4.51. The van der Waals surface area contributed by atoms with Crippen LogP contribution in [0, 0.1) is 11.6 Å². The average Bonchev–Trinajstić information content (AvgIpc) is 2.25. The Kier molecular flexibility index (Phi) is 3.73. The Labute approximate surface area is 117 Å². The van der Waals surface area contributed by atoms with Crippen molar-refractivity contribution in [1.82, 2.24) is 9.97 Å². The van der Waals surface area contributed by atoms with Crippen LogP contribution in [-0.2, 0) is 10.0 Å². The molecule has 10 heteroatoms. The predicted octanol–water partition coefficient (Wildman–Crippen LogP) is 1.79. The van der Waals surface area contributed by atoms with Crippen LogP contribution in [0.5, 0.6) is 0 Å². The van der Waals surface area contributed by atoms with E-state index in [-0.39, 0.29) is 16.7 Å². The lowest BCUT2D eigenvalue weighted by Crippen LogP contribution is -2.17. The molecule has 0 atom stereocenters. The molecule has 2 aromatic rings. The molecule has 1 heterocycles. The van der Waals surface area contributed by atoms with Gasteiger partial charge in [-0.25, -0.2) is 27.2 Å². The number of aromatic nitrogens is 2. The summed E-state index contributed by atoms with van der Waals surface area (Å²) in [6, 6.07) is 2.49. The van der Waals surface area contributed by atoms with Crippen molar-refractivity contribution < 1.29 is 17.2 Å². The molecule has 106 valence electrons. The fourth-order valence-electron chi connectivity index (χ4n) is 1.41. The van der Waals surface area contributed by atoms with Crippen molar-refractivity contribution in [2.75, 3.05) is 10.5 Å². The predicted molar refractivity (Wildman–Crippen MR) is 68.6 cm³/mol. The van der Waals surface area contributed by atoms with Crippen molar-refractivity contribution in [2.45, 2.75) is 4.90 Å². The molecule has 3 N–H and O–H groups in total. The van der Waals surface area contributed by atoms with Crippen LogP contribution in [0.3, 0.4) is 0 Å². The molecular formula is C10H7ClF2N4O2S. The number of hydrogen-bond donors (Lipinski definition) is 2. The summed E-state index contributed by atoms with van der Waals surface area (Å²) in [6.45, 7) is 0. The Bertz CT molecular complexity index is 747. The Morgan fingerprint density at radius 2 is 1.75 bits per heavy atom. The van der Waals surface area contributed by atoms with E-state index in [2.05, 4.69) is 9.97 Å². The van der Waals surface area contributed by atoms with E-state index >= 15 is 0 Å². The highest BCUT2D eigenvalue weighted by molar-refractivity contribution is 7.92. The Balaban J connectivity index is 2.46. The normalized spacial score (nSPS) is 11.3. The maximum Gasteiger partial charge on any atom is 0.268 e. The molecule has 0 spiro atoms. The van der Waals surface area contributed by atoms with Gasteiger partial charge in [0, 0.05) is 11.8 Å². The Morgan fingerprint density at radius 1 is 1.15 bits per heavy atom. The van der Waals surface area contributed by atoms with Gasteiger partial charge in [0.25, 0.3) is 10.0 Å². The number of sulfonamides is 1. The van der Waals surface area contributed by atoms with Crippen molar-refractivity contribution >= 4 is 33.1 Å². The molecule has 1 aromatic carbocycles. The van der Waals surface area contributed by atoms with Crippen LogP contribution in [0.15, 0.2) is 29.4 Å². The first-order chi connectivity index (χ1) is 9.29. The van der Waals surface area contributed by atoms with Gasteiger partial charge in [0.05, 0.1) is 0 Å². The van der Waals surface area contributed by atoms with Gasteiger partial charge in [-0.2, -0.15) is 0 Å². The summed E-state index contributed by atoms with van der Waals surface area (Å²) < 4.78 is 52.9. The minimum atomic E-state index is -4.51. The summed E-state index contributed by atoms with van der Waals surface area (Å²) in [5.41, 5.74) is 4.98. The summed E-state index contributed by atoms with van der Waals surface area (Å²) in [4.78, 5) is 5.96. The zero-order valence-corrected chi connectivity index (χ0v) is 11.2. The molecule has 1 aromatic heterocycles. The first-order valence-corrected chi connectivity index (χ1v) is 6.90. The van der Waals surface area contributed by atoms with Gasteiger partial charge >= 0.3 is 0 Å². The van der Waals surface area contributed by atoms with Crippen LogP contribution in [0.2, 0.25) is 5.15 Å². The number of benzene rings is 1. The number of anilines is 2. The maximum atomic E-state index is 13.6. The smallest absolute Gasteiger partial charge is 0.268 e. The molecule has 0 radical (unpaired) electrons. The highest BCUT2D eigenvalue weighted by Gasteiger charge is 2.25. The molecule has 0 aliphatic rings. The molecule has 0 aliphatic carbocycles. The van der Waals surface area contributed by atoms with E-state index in [4.69, 9.17) is 17.3 Å². The Hall–Kier alpha value is -2.00. The maximum absolute atomic E-state index is 13.6. The molecular weight excluding hydrogens is 314 g/mol. The minimum absolute atomic E-state index is 0.0315. The fraction of sp³-hybridized carbons (Fsp3) is 0. The quantitative estimate of drug-likeness (QED) is 0.663. The van der Waals surface area contributed by atoms with Crippen LogP contribution < -0.4 is 10.5 Å². The summed E-state index contributed by atoms with van der Waals surface area (Å²) in [5.74, 6) is -2.84. The van der Waals surface area contributed by atoms with Gasteiger partial charge in [-0.3, -0.25) is 4.72 Å². The highest BCUT2D eigenvalue weighted by Crippen LogP contribution is 2.23. The van der Waals surface area contributed by atoms with E-state index in [9.17, 15) is 17.2 Å². The van der Waals surface area contributed by atoms with Gasteiger partial charge in [0.15, 0.2) is 4.90 Å². The van der Waals surface area contributed by atoms with E-state index < -0.39 is 26.6 Å². The van der Waals surface area contributed by atoms with Crippen LogP contribution in [0.1, 0.15) is 0 Å². The lowest BCUT2D eigenvalue weighted by molar-refractivity contribution is 0.522. The number of nitrogens with two attached hydrogens (primary N) is 1. The lowest BCUT2D eigenvalue weighted by atomic mass is 10.3. The first kappa shape index (κ1) is 14.4. The van der Waals surface area contributed by atoms with Gasteiger partial charge in [0.2, 0.25) is 0 Å². The van der Waals surface area contributed by atoms with Crippen LogP contribution in [0.25, 0.3) is 0 Å². The van der Waals surface area contributed by atoms with Crippen molar-refractivity contribution in [3.63, 3.8) is 0 Å². The molecule has 0 unspecified atom stereocenters. The number of rotatable bonds is 3. The number of halogens is 3. The van der Waals surface area contributed by atoms with E-state index in [0.717, 1.165) is 12.4 Å². The van der Waals surface area contributed by atoms with Crippen molar-refractivity contribution in [1.29, 1.82) is 0 Å². The number of nitrogens with one attached hydrogen (secondary N) is 1. The van der Waals surface area contributed by atoms with Gasteiger partial charge in [-0.05, 0) is 12.1 Å². The van der Waals surface area contributed by atoms with Gasteiger partial charge in [-0.15, -0.1) is 0 Å². The lowest BCUT2D eigenvalue weighted by Gasteiger charge is -2.09. The second kappa shape index (κ2) is 5.17. The van der Waals surface area contributed by atoms with E-state index in [0.29, 0.717) is 12.1 Å². The molecule has 0 bridgehead atoms. The van der Waals surface area contributed by atoms with Gasteiger partial charge in [0.1, 0.15) is 28.9 Å².